The Hall–Kier alpha value is -1.63. The van der Waals surface area contributed by atoms with E-state index < -0.39 is 0 Å². The summed E-state index contributed by atoms with van der Waals surface area (Å²) in [5.74, 6) is 0.360. The Balaban J connectivity index is 3.21. The maximum absolute atomic E-state index is 8.44. The molecule has 1 atom stereocenters. The molecule has 0 saturated heterocycles. The molecular weight excluding hydrogens is 266 g/mol. The van der Waals surface area contributed by atoms with Crippen molar-refractivity contribution >= 4 is 5.71 Å². The van der Waals surface area contributed by atoms with Gasteiger partial charge < -0.3 is 5.41 Å². The molecular formula is C21H31N. The highest BCUT2D eigenvalue weighted by atomic mass is 14.4. The quantitative estimate of drug-likeness (QED) is 0.444. The largest absolute Gasteiger partial charge is 0.300 e. The topological polar surface area (TPSA) is 23.9 Å². The zero-order valence-corrected chi connectivity index (χ0v) is 15.0. The highest BCUT2D eigenvalue weighted by Crippen LogP contribution is 2.36. The van der Waals surface area contributed by atoms with Crippen molar-refractivity contribution in [3.63, 3.8) is 0 Å². The van der Waals surface area contributed by atoms with Gasteiger partial charge in [0.1, 0.15) is 0 Å². The molecule has 0 bridgehead atoms. The van der Waals surface area contributed by atoms with E-state index in [9.17, 15) is 0 Å². The van der Waals surface area contributed by atoms with Crippen LogP contribution in [0.15, 0.2) is 53.6 Å². The number of hydrogen-bond donors (Lipinski definition) is 1. The highest BCUT2D eigenvalue weighted by molar-refractivity contribution is 6.07. The van der Waals surface area contributed by atoms with Gasteiger partial charge in [0.2, 0.25) is 0 Å². The number of rotatable bonds is 7. The van der Waals surface area contributed by atoms with E-state index in [1.54, 1.807) is 0 Å². The molecule has 0 aliphatic rings. The van der Waals surface area contributed by atoms with Gasteiger partial charge in [-0.05, 0) is 42.7 Å². The molecule has 0 fully saturated rings. The lowest BCUT2D eigenvalue weighted by molar-refractivity contribution is 0.399. The molecule has 0 saturated carbocycles. The Bertz CT molecular complexity index is 547. The van der Waals surface area contributed by atoms with Crippen molar-refractivity contribution in [2.45, 2.75) is 54.4 Å². The van der Waals surface area contributed by atoms with E-state index >= 15 is 0 Å². The van der Waals surface area contributed by atoms with Crippen LogP contribution in [0.5, 0.6) is 0 Å². The van der Waals surface area contributed by atoms with Gasteiger partial charge in [-0.25, -0.2) is 0 Å². The first-order valence-electron chi connectivity index (χ1n) is 8.35. The highest BCUT2D eigenvalue weighted by Gasteiger charge is 2.25. The Labute approximate surface area is 136 Å². The van der Waals surface area contributed by atoms with E-state index in [0.717, 1.165) is 18.4 Å². The van der Waals surface area contributed by atoms with Gasteiger partial charge in [0.25, 0.3) is 0 Å². The van der Waals surface area contributed by atoms with Crippen molar-refractivity contribution in [2.24, 2.45) is 11.3 Å². The summed E-state index contributed by atoms with van der Waals surface area (Å²) >= 11 is 0. The van der Waals surface area contributed by atoms with Gasteiger partial charge in [-0.2, -0.15) is 0 Å². The summed E-state index contributed by atoms with van der Waals surface area (Å²) in [5, 5.41) is 8.44. The maximum Gasteiger partial charge on any atom is 0.0612 e. The van der Waals surface area contributed by atoms with Crippen LogP contribution in [-0.4, -0.2) is 5.71 Å². The summed E-state index contributed by atoms with van der Waals surface area (Å²) in [6.07, 6.45) is 6.59. The molecule has 0 amide bonds. The molecule has 1 aromatic carbocycles. The van der Waals surface area contributed by atoms with Gasteiger partial charge in [-0.3, -0.25) is 0 Å². The standard InChI is InChI=1S/C21H31N/c1-7-16(3)14-17(4)19(21(5,6)8-2)15-20(22)18-12-10-9-11-13-18/h9-15,17,22H,7-8H2,1-6H3/b16-14+,19-15+,22-20?. The maximum atomic E-state index is 8.44. The van der Waals surface area contributed by atoms with E-state index in [1.165, 1.54) is 11.1 Å². The summed E-state index contributed by atoms with van der Waals surface area (Å²) in [6, 6.07) is 9.99. The Kier molecular flexibility index (Phi) is 6.80. The fraction of sp³-hybridized carbons (Fsp3) is 0.476. The normalized spacial score (nSPS) is 14.8. The van der Waals surface area contributed by atoms with Crippen LogP contribution in [0.4, 0.5) is 0 Å². The summed E-state index contributed by atoms with van der Waals surface area (Å²) in [4.78, 5) is 0. The minimum atomic E-state index is 0.102. The van der Waals surface area contributed by atoms with E-state index in [0.29, 0.717) is 11.6 Å². The predicted molar refractivity (Wildman–Crippen MR) is 98.6 cm³/mol. The summed E-state index contributed by atoms with van der Waals surface area (Å²) < 4.78 is 0. The molecule has 120 valence electrons. The molecule has 1 rings (SSSR count). The van der Waals surface area contributed by atoms with Crippen molar-refractivity contribution in [2.75, 3.05) is 0 Å². The van der Waals surface area contributed by atoms with Crippen LogP contribution in [0.3, 0.4) is 0 Å². The third-order valence-electron chi connectivity index (χ3n) is 4.63. The second kappa shape index (κ2) is 8.12. The molecule has 22 heavy (non-hydrogen) atoms. The number of benzene rings is 1. The van der Waals surface area contributed by atoms with Crippen LogP contribution >= 0.6 is 0 Å². The first-order valence-corrected chi connectivity index (χ1v) is 8.35. The smallest absolute Gasteiger partial charge is 0.0612 e. The van der Waals surface area contributed by atoms with Crippen LogP contribution in [-0.2, 0) is 0 Å². The van der Waals surface area contributed by atoms with Crippen LogP contribution < -0.4 is 0 Å². The van der Waals surface area contributed by atoms with E-state index in [2.05, 4.69) is 53.7 Å². The Morgan fingerprint density at radius 3 is 2.27 bits per heavy atom. The lowest BCUT2D eigenvalue weighted by Gasteiger charge is -2.30. The van der Waals surface area contributed by atoms with Crippen LogP contribution in [0.2, 0.25) is 0 Å². The van der Waals surface area contributed by atoms with Gasteiger partial charge >= 0.3 is 0 Å². The first kappa shape index (κ1) is 18.4. The number of nitrogens with one attached hydrogen (secondary N) is 1. The first-order chi connectivity index (χ1) is 10.3. The fourth-order valence-electron chi connectivity index (χ4n) is 2.64. The van der Waals surface area contributed by atoms with Gasteiger partial charge in [-0.1, -0.05) is 82.2 Å². The van der Waals surface area contributed by atoms with Crippen molar-refractivity contribution in [1.82, 2.24) is 0 Å². The van der Waals surface area contributed by atoms with Gasteiger partial charge in [0.05, 0.1) is 5.71 Å². The zero-order chi connectivity index (χ0) is 16.8. The van der Waals surface area contributed by atoms with Gasteiger partial charge in [-0.15, -0.1) is 0 Å². The lowest BCUT2D eigenvalue weighted by Crippen LogP contribution is -2.20. The second-order valence-corrected chi connectivity index (χ2v) is 6.77. The molecule has 1 N–H and O–H groups in total. The monoisotopic (exact) mass is 297 g/mol. The van der Waals surface area contributed by atoms with Crippen molar-refractivity contribution in [1.29, 1.82) is 5.41 Å². The molecule has 1 nitrogen and oxygen atoms in total. The molecule has 0 spiro atoms. The third-order valence-corrected chi connectivity index (χ3v) is 4.63. The minimum absolute atomic E-state index is 0.102. The minimum Gasteiger partial charge on any atom is -0.300 e. The SMILES string of the molecule is CC/C(C)=C/C(C)/C(=C\C(=N)c1ccccc1)C(C)(C)CC. The predicted octanol–water partition coefficient (Wildman–Crippen LogP) is 6.41. The molecule has 0 heterocycles. The molecule has 1 unspecified atom stereocenters. The van der Waals surface area contributed by atoms with Crippen LogP contribution in [0.25, 0.3) is 0 Å². The fourth-order valence-corrected chi connectivity index (χ4v) is 2.64. The summed E-state index contributed by atoms with van der Waals surface area (Å²) in [5.41, 5.74) is 4.44. The van der Waals surface area contributed by atoms with Crippen LogP contribution in [0.1, 0.15) is 59.9 Å². The second-order valence-electron chi connectivity index (χ2n) is 6.77. The van der Waals surface area contributed by atoms with E-state index in [1.807, 2.05) is 30.3 Å². The molecule has 0 radical (unpaired) electrons. The van der Waals surface area contributed by atoms with Gasteiger partial charge in [0.15, 0.2) is 0 Å². The molecule has 0 aliphatic carbocycles. The molecule has 1 aromatic rings. The summed E-state index contributed by atoms with van der Waals surface area (Å²) in [7, 11) is 0. The van der Waals surface area contributed by atoms with Crippen LogP contribution in [0, 0.1) is 16.7 Å². The third kappa shape index (κ3) is 4.98. The zero-order valence-electron chi connectivity index (χ0n) is 15.0. The van der Waals surface area contributed by atoms with Gasteiger partial charge in [0, 0.05) is 0 Å². The Morgan fingerprint density at radius 2 is 1.77 bits per heavy atom. The van der Waals surface area contributed by atoms with E-state index in [-0.39, 0.29) is 5.41 Å². The van der Waals surface area contributed by atoms with Crippen molar-refractivity contribution in [3.05, 3.63) is 59.2 Å². The molecule has 0 aromatic heterocycles. The van der Waals surface area contributed by atoms with Crippen molar-refractivity contribution in [3.8, 4) is 0 Å². The Morgan fingerprint density at radius 1 is 1.18 bits per heavy atom. The molecule has 1 heteroatoms. The summed E-state index contributed by atoms with van der Waals surface area (Å²) in [6.45, 7) is 13.4. The lowest BCUT2D eigenvalue weighted by atomic mass is 9.74. The number of allylic oxidation sites excluding steroid dienone is 4. The average molecular weight is 297 g/mol. The average Bonchev–Trinajstić information content (AvgIpc) is 2.52. The molecule has 0 aliphatic heterocycles. The van der Waals surface area contributed by atoms with E-state index in [4.69, 9.17) is 5.41 Å². The van der Waals surface area contributed by atoms with Crippen molar-refractivity contribution < 1.29 is 0 Å². The number of hydrogen-bond acceptors (Lipinski definition) is 1.